The quantitative estimate of drug-likeness (QED) is 0.583. The lowest BCUT2D eigenvalue weighted by Gasteiger charge is -2.18. The molecule has 0 aliphatic heterocycles. The van der Waals surface area contributed by atoms with Crippen LogP contribution in [0.4, 0.5) is 0 Å². The van der Waals surface area contributed by atoms with E-state index in [4.69, 9.17) is 10.8 Å². The highest BCUT2D eigenvalue weighted by molar-refractivity contribution is 5.12. The molecule has 0 amide bonds. The summed E-state index contributed by atoms with van der Waals surface area (Å²) in [5, 5.41) is 8.70. The maximum atomic E-state index is 8.70. The molecule has 1 aliphatic rings. The second kappa shape index (κ2) is 3.54. The lowest BCUT2D eigenvalue weighted by Crippen LogP contribution is -2.32. The molecular weight excluding hydrogens is 126 g/mol. The lowest BCUT2D eigenvalue weighted by atomic mass is 9.94. The Balaban J connectivity index is 2.42. The van der Waals surface area contributed by atoms with Gasteiger partial charge in [0.25, 0.3) is 0 Å². The van der Waals surface area contributed by atoms with Crippen LogP contribution in [0.25, 0.3) is 0 Å². The molecule has 3 N–H and O–H groups in total. The number of nitrogens with two attached hydrogens (primary N) is 1. The predicted molar refractivity (Wildman–Crippen MR) is 41.4 cm³/mol. The van der Waals surface area contributed by atoms with Gasteiger partial charge in [0, 0.05) is 6.04 Å². The Hall–Kier alpha value is -0.600. The molecule has 10 heavy (non-hydrogen) atoms. The van der Waals surface area contributed by atoms with E-state index < -0.39 is 0 Å². The molecule has 2 atom stereocenters. The first-order chi connectivity index (χ1) is 4.84. The maximum absolute atomic E-state index is 8.70. The van der Waals surface area contributed by atoms with E-state index in [1.807, 2.05) is 18.2 Å². The van der Waals surface area contributed by atoms with Crippen LogP contribution in [0.1, 0.15) is 6.42 Å². The van der Waals surface area contributed by atoms with E-state index >= 15 is 0 Å². The van der Waals surface area contributed by atoms with Crippen LogP contribution in [0.3, 0.4) is 0 Å². The van der Waals surface area contributed by atoms with Gasteiger partial charge in [-0.05, 0) is 12.3 Å². The van der Waals surface area contributed by atoms with Crippen molar-refractivity contribution >= 4 is 0 Å². The number of allylic oxidation sites excluding steroid dienone is 3. The summed E-state index contributed by atoms with van der Waals surface area (Å²) in [5.41, 5.74) is 5.61. The minimum absolute atomic E-state index is 0.0723. The SMILES string of the molecule is N[C@H](CO)C1C=CC=CC1. The van der Waals surface area contributed by atoms with Gasteiger partial charge < -0.3 is 10.8 Å². The van der Waals surface area contributed by atoms with Crippen molar-refractivity contribution in [2.24, 2.45) is 11.7 Å². The molecule has 0 radical (unpaired) electrons. The molecule has 1 rings (SSSR count). The van der Waals surface area contributed by atoms with Crippen LogP contribution in [0.2, 0.25) is 0 Å². The van der Waals surface area contributed by atoms with Crippen molar-refractivity contribution in [2.45, 2.75) is 12.5 Å². The molecule has 2 heteroatoms. The second-order valence-corrected chi connectivity index (χ2v) is 2.56. The molecule has 1 aliphatic carbocycles. The van der Waals surface area contributed by atoms with Gasteiger partial charge in [0.05, 0.1) is 6.61 Å². The number of rotatable bonds is 2. The van der Waals surface area contributed by atoms with Gasteiger partial charge in [-0.3, -0.25) is 0 Å². The normalized spacial score (nSPS) is 26.8. The summed E-state index contributed by atoms with van der Waals surface area (Å²) < 4.78 is 0. The highest BCUT2D eigenvalue weighted by atomic mass is 16.3. The van der Waals surface area contributed by atoms with Gasteiger partial charge in [0.15, 0.2) is 0 Å². The van der Waals surface area contributed by atoms with E-state index in [2.05, 4.69) is 6.08 Å². The monoisotopic (exact) mass is 139 g/mol. The van der Waals surface area contributed by atoms with Crippen molar-refractivity contribution in [3.8, 4) is 0 Å². The number of hydrogen-bond acceptors (Lipinski definition) is 2. The topological polar surface area (TPSA) is 46.2 Å². The molecule has 0 aromatic rings. The molecule has 0 aromatic heterocycles. The Morgan fingerprint density at radius 1 is 1.60 bits per heavy atom. The minimum atomic E-state index is -0.0961. The molecule has 56 valence electrons. The van der Waals surface area contributed by atoms with Crippen LogP contribution < -0.4 is 5.73 Å². The zero-order chi connectivity index (χ0) is 7.40. The van der Waals surface area contributed by atoms with E-state index in [9.17, 15) is 0 Å². The van der Waals surface area contributed by atoms with Gasteiger partial charge in [-0.25, -0.2) is 0 Å². The molecule has 0 fully saturated rings. The first-order valence-corrected chi connectivity index (χ1v) is 3.54. The van der Waals surface area contributed by atoms with Gasteiger partial charge >= 0.3 is 0 Å². The molecule has 0 saturated heterocycles. The third-order valence-electron chi connectivity index (χ3n) is 1.77. The van der Waals surface area contributed by atoms with Gasteiger partial charge in [0.1, 0.15) is 0 Å². The highest BCUT2D eigenvalue weighted by Crippen LogP contribution is 2.13. The fourth-order valence-electron chi connectivity index (χ4n) is 1.05. The minimum Gasteiger partial charge on any atom is -0.395 e. The van der Waals surface area contributed by atoms with Crippen molar-refractivity contribution in [2.75, 3.05) is 6.61 Å². The Labute approximate surface area is 61.0 Å². The molecule has 0 spiro atoms. The molecule has 2 nitrogen and oxygen atoms in total. The molecule has 0 saturated carbocycles. The number of aliphatic hydroxyl groups is 1. The van der Waals surface area contributed by atoms with Crippen LogP contribution in [0.15, 0.2) is 24.3 Å². The smallest absolute Gasteiger partial charge is 0.0588 e. The van der Waals surface area contributed by atoms with Crippen molar-refractivity contribution < 1.29 is 5.11 Å². The van der Waals surface area contributed by atoms with Crippen molar-refractivity contribution in [1.29, 1.82) is 0 Å². The van der Waals surface area contributed by atoms with E-state index in [0.717, 1.165) is 6.42 Å². The standard InChI is InChI=1S/C8H13NO/c9-8(6-10)7-4-2-1-3-5-7/h1-4,7-8,10H,5-6,9H2/t7?,8-/m1/s1. The average molecular weight is 139 g/mol. The fourth-order valence-corrected chi connectivity index (χ4v) is 1.05. The third kappa shape index (κ3) is 1.69. The summed E-state index contributed by atoms with van der Waals surface area (Å²) in [6.07, 6.45) is 9.05. The Bertz CT molecular complexity index is 151. The Morgan fingerprint density at radius 3 is 2.90 bits per heavy atom. The zero-order valence-electron chi connectivity index (χ0n) is 5.90. The van der Waals surface area contributed by atoms with Crippen molar-refractivity contribution in [3.63, 3.8) is 0 Å². The summed E-state index contributed by atoms with van der Waals surface area (Å²) in [4.78, 5) is 0. The highest BCUT2D eigenvalue weighted by Gasteiger charge is 2.12. The largest absolute Gasteiger partial charge is 0.395 e. The molecule has 0 aromatic carbocycles. The fraction of sp³-hybridized carbons (Fsp3) is 0.500. The van der Waals surface area contributed by atoms with E-state index in [-0.39, 0.29) is 12.6 Å². The van der Waals surface area contributed by atoms with E-state index in [1.165, 1.54) is 0 Å². The van der Waals surface area contributed by atoms with Crippen LogP contribution in [0.5, 0.6) is 0 Å². The molecule has 0 bridgehead atoms. The Morgan fingerprint density at radius 2 is 2.40 bits per heavy atom. The van der Waals surface area contributed by atoms with Crippen molar-refractivity contribution in [1.82, 2.24) is 0 Å². The van der Waals surface area contributed by atoms with Crippen LogP contribution >= 0.6 is 0 Å². The van der Waals surface area contributed by atoms with Gasteiger partial charge in [0.2, 0.25) is 0 Å². The predicted octanol–water partition coefficient (Wildman–Crippen LogP) is 0.438. The average Bonchev–Trinajstić information content (AvgIpc) is 2.05. The maximum Gasteiger partial charge on any atom is 0.0588 e. The first kappa shape index (κ1) is 7.51. The Kier molecular flexibility index (Phi) is 2.66. The molecular formula is C8H13NO. The van der Waals surface area contributed by atoms with Gasteiger partial charge in [-0.1, -0.05) is 24.3 Å². The summed E-state index contributed by atoms with van der Waals surface area (Å²) in [6.45, 7) is 0.0723. The third-order valence-corrected chi connectivity index (χ3v) is 1.77. The summed E-state index contributed by atoms with van der Waals surface area (Å²) >= 11 is 0. The summed E-state index contributed by atoms with van der Waals surface area (Å²) in [6, 6.07) is -0.0961. The lowest BCUT2D eigenvalue weighted by molar-refractivity contribution is 0.241. The second-order valence-electron chi connectivity index (χ2n) is 2.56. The number of hydrogen-bond donors (Lipinski definition) is 2. The van der Waals surface area contributed by atoms with Gasteiger partial charge in [-0.15, -0.1) is 0 Å². The summed E-state index contributed by atoms with van der Waals surface area (Å²) in [7, 11) is 0. The molecule has 1 unspecified atom stereocenters. The zero-order valence-corrected chi connectivity index (χ0v) is 5.90. The van der Waals surface area contributed by atoms with E-state index in [1.54, 1.807) is 0 Å². The number of aliphatic hydroxyl groups excluding tert-OH is 1. The molecule has 0 heterocycles. The first-order valence-electron chi connectivity index (χ1n) is 3.54. The summed E-state index contributed by atoms with van der Waals surface area (Å²) in [5.74, 6) is 0.329. The van der Waals surface area contributed by atoms with Crippen LogP contribution in [-0.4, -0.2) is 17.8 Å². The van der Waals surface area contributed by atoms with Crippen LogP contribution in [0, 0.1) is 5.92 Å². The van der Waals surface area contributed by atoms with Crippen LogP contribution in [-0.2, 0) is 0 Å². The van der Waals surface area contributed by atoms with Crippen molar-refractivity contribution in [3.05, 3.63) is 24.3 Å². The van der Waals surface area contributed by atoms with E-state index in [0.29, 0.717) is 5.92 Å². The van der Waals surface area contributed by atoms with Gasteiger partial charge in [-0.2, -0.15) is 0 Å².